The maximum Gasteiger partial charge on any atom is 0.246 e. The van der Waals surface area contributed by atoms with Crippen LogP contribution in [0.2, 0.25) is 0 Å². The number of rotatable bonds is 7. The number of benzene rings is 1. The number of amides is 1. The van der Waals surface area contributed by atoms with Crippen molar-refractivity contribution in [1.82, 2.24) is 5.32 Å². The molecule has 0 bridgehead atoms. The number of carbonyl (C=O) groups is 2. The second kappa shape index (κ2) is 8.17. The molecule has 0 heterocycles. The molecule has 1 N–H and O–H groups in total. The van der Waals surface area contributed by atoms with Crippen molar-refractivity contribution in [1.29, 1.82) is 0 Å². The SMILES string of the molecule is CC(=O)C(NC(=O)COCc1ccc(Br)cc1)C(C)C. The van der Waals surface area contributed by atoms with Crippen LogP contribution >= 0.6 is 15.9 Å². The number of hydrogen-bond acceptors (Lipinski definition) is 3. The van der Waals surface area contributed by atoms with Crippen molar-refractivity contribution >= 4 is 27.6 Å². The van der Waals surface area contributed by atoms with Gasteiger partial charge in [0.2, 0.25) is 5.91 Å². The van der Waals surface area contributed by atoms with Gasteiger partial charge < -0.3 is 10.1 Å². The first kappa shape index (κ1) is 16.9. The fraction of sp³-hybridized carbons (Fsp3) is 0.467. The van der Waals surface area contributed by atoms with Gasteiger partial charge in [-0.25, -0.2) is 0 Å². The average Bonchev–Trinajstić information content (AvgIpc) is 2.37. The minimum atomic E-state index is -0.446. The highest BCUT2D eigenvalue weighted by atomic mass is 79.9. The van der Waals surface area contributed by atoms with Crippen LogP contribution in [0.5, 0.6) is 0 Å². The molecule has 0 aliphatic rings. The zero-order valence-corrected chi connectivity index (χ0v) is 13.6. The van der Waals surface area contributed by atoms with E-state index in [1.807, 2.05) is 38.1 Å². The number of halogens is 1. The first-order valence-corrected chi connectivity index (χ1v) is 7.31. The largest absolute Gasteiger partial charge is 0.367 e. The molecule has 1 aromatic carbocycles. The van der Waals surface area contributed by atoms with Crippen LogP contribution < -0.4 is 5.32 Å². The highest BCUT2D eigenvalue weighted by Crippen LogP contribution is 2.11. The van der Waals surface area contributed by atoms with Crippen molar-refractivity contribution in [3.63, 3.8) is 0 Å². The van der Waals surface area contributed by atoms with Gasteiger partial charge in [-0.1, -0.05) is 41.9 Å². The average molecular weight is 342 g/mol. The van der Waals surface area contributed by atoms with Gasteiger partial charge >= 0.3 is 0 Å². The molecule has 110 valence electrons. The van der Waals surface area contributed by atoms with Crippen LogP contribution in [-0.4, -0.2) is 24.3 Å². The second-order valence-electron chi connectivity index (χ2n) is 5.02. The van der Waals surface area contributed by atoms with Crippen molar-refractivity contribution < 1.29 is 14.3 Å². The van der Waals surface area contributed by atoms with Gasteiger partial charge in [0.25, 0.3) is 0 Å². The number of ether oxygens (including phenoxy) is 1. The van der Waals surface area contributed by atoms with Gasteiger partial charge in [0.1, 0.15) is 6.61 Å². The molecule has 0 spiro atoms. The monoisotopic (exact) mass is 341 g/mol. The quantitative estimate of drug-likeness (QED) is 0.829. The molecule has 5 heteroatoms. The summed E-state index contributed by atoms with van der Waals surface area (Å²) in [6.07, 6.45) is 0. The predicted molar refractivity (Wildman–Crippen MR) is 81.2 cm³/mol. The zero-order valence-electron chi connectivity index (χ0n) is 12.0. The Morgan fingerprint density at radius 2 is 1.85 bits per heavy atom. The summed E-state index contributed by atoms with van der Waals surface area (Å²) >= 11 is 3.35. The number of Topliss-reactive ketones (excluding diaryl/α,β-unsaturated/α-hetero) is 1. The molecule has 20 heavy (non-hydrogen) atoms. The van der Waals surface area contributed by atoms with Crippen LogP contribution in [-0.2, 0) is 20.9 Å². The van der Waals surface area contributed by atoms with E-state index in [0.717, 1.165) is 10.0 Å². The third kappa shape index (κ3) is 5.84. The number of hydrogen-bond donors (Lipinski definition) is 1. The summed E-state index contributed by atoms with van der Waals surface area (Å²) in [4.78, 5) is 23.1. The normalized spacial score (nSPS) is 12.2. The molecule has 1 atom stereocenters. The summed E-state index contributed by atoms with van der Waals surface area (Å²) in [5.74, 6) is -0.236. The van der Waals surface area contributed by atoms with Crippen molar-refractivity contribution in [3.05, 3.63) is 34.3 Å². The van der Waals surface area contributed by atoms with Crippen LogP contribution in [0.1, 0.15) is 26.3 Å². The molecule has 0 aromatic heterocycles. The summed E-state index contributed by atoms with van der Waals surface area (Å²) in [5.41, 5.74) is 0.993. The van der Waals surface area contributed by atoms with Gasteiger partial charge in [-0.3, -0.25) is 9.59 Å². The Bertz CT molecular complexity index is 457. The Morgan fingerprint density at radius 3 is 2.35 bits per heavy atom. The highest BCUT2D eigenvalue weighted by molar-refractivity contribution is 9.10. The van der Waals surface area contributed by atoms with Crippen LogP contribution in [0.15, 0.2) is 28.7 Å². The van der Waals surface area contributed by atoms with Crippen LogP contribution in [0.4, 0.5) is 0 Å². The van der Waals surface area contributed by atoms with Crippen molar-refractivity contribution in [2.45, 2.75) is 33.4 Å². The third-order valence-corrected chi connectivity index (χ3v) is 3.36. The molecule has 0 aliphatic carbocycles. The summed E-state index contributed by atoms with van der Waals surface area (Å²) < 4.78 is 6.34. The summed E-state index contributed by atoms with van der Waals surface area (Å²) in [6, 6.07) is 7.24. The van der Waals surface area contributed by atoms with Gasteiger partial charge in [0.05, 0.1) is 12.6 Å². The highest BCUT2D eigenvalue weighted by Gasteiger charge is 2.20. The molecule has 1 rings (SSSR count). The Labute approximate surface area is 128 Å². The van der Waals surface area contributed by atoms with Gasteiger partial charge in [-0.15, -0.1) is 0 Å². The van der Waals surface area contributed by atoms with Gasteiger partial charge in [0, 0.05) is 4.47 Å². The lowest BCUT2D eigenvalue weighted by atomic mass is 10.0. The maximum absolute atomic E-state index is 11.7. The van der Waals surface area contributed by atoms with E-state index in [1.54, 1.807) is 0 Å². The molecular formula is C15H20BrNO3. The number of carbonyl (C=O) groups excluding carboxylic acids is 2. The minimum Gasteiger partial charge on any atom is -0.367 e. The van der Waals surface area contributed by atoms with E-state index in [1.165, 1.54) is 6.92 Å². The number of nitrogens with one attached hydrogen (secondary N) is 1. The fourth-order valence-corrected chi connectivity index (χ4v) is 2.06. The zero-order chi connectivity index (χ0) is 15.1. The smallest absolute Gasteiger partial charge is 0.246 e. The maximum atomic E-state index is 11.7. The topological polar surface area (TPSA) is 55.4 Å². The van der Waals surface area contributed by atoms with Crippen molar-refractivity contribution in [2.24, 2.45) is 5.92 Å². The third-order valence-electron chi connectivity index (χ3n) is 2.84. The first-order valence-electron chi connectivity index (χ1n) is 6.52. The van der Waals surface area contributed by atoms with Crippen molar-refractivity contribution in [2.75, 3.05) is 6.61 Å². The first-order chi connectivity index (χ1) is 9.40. The predicted octanol–water partition coefficient (Wildman–Crippen LogP) is 2.70. The van der Waals surface area contributed by atoms with Crippen LogP contribution in [0.3, 0.4) is 0 Å². The molecule has 0 fully saturated rings. The van der Waals surface area contributed by atoms with Gasteiger partial charge in [0.15, 0.2) is 5.78 Å². The summed E-state index contributed by atoms with van der Waals surface area (Å²) in [7, 11) is 0. The Morgan fingerprint density at radius 1 is 1.25 bits per heavy atom. The summed E-state index contributed by atoms with van der Waals surface area (Å²) in [5, 5.41) is 2.69. The molecule has 4 nitrogen and oxygen atoms in total. The van der Waals surface area contributed by atoms with Gasteiger partial charge in [-0.05, 0) is 30.5 Å². The molecule has 0 saturated carbocycles. The van der Waals surface area contributed by atoms with E-state index in [-0.39, 0.29) is 24.2 Å². The molecule has 1 amide bonds. The summed E-state index contributed by atoms with van der Waals surface area (Å²) in [6.45, 7) is 5.59. The van der Waals surface area contributed by atoms with Crippen molar-refractivity contribution in [3.8, 4) is 0 Å². The lowest BCUT2D eigenvalue weighted by molar-refractivity contribution is -0.131. The van der Waals surface area contributed by atoms with Gasteiger partial charge in [-0.2, -0.15) is 0 Å². The lowest BCUT2D eigenvalue weighted by Crippen LogP contribution is -2.44. The second-order valence-corrected chi connectivity index (χ2v) is 5.93. The van der Waals surface area contributed by atoms with E-state index in [0.29, 0.717) is 6.61 Å². The Balaban J connectivity index is 2.36. The van der Waals surface area contributed by atoms with Crippen LogP contribution in [0, 0.1) is 5.92 Å². The van der Waals surface area contributed by atoms with E-state index in [4.69, 9.17) is 4.74 Å². The molecule has 1 aromatic rings. The lowest BCUT2D eigenvalue weighted by Gasteiger charge is -2.19. The van der Waals surface area contributed by atoms with Crippen LogP contribution in [0.25, 0.3) is 0 Å². The fourth-order valence-electron chi connectivity index (χ4n) is 1.80. The number of ketones is 1. The Hall–Kier alpha value is -1.20. The molecular weight excluding hydrogens is 322 g/mol. The molecule has 0 aliphatic heterocycles. The minimum absolute atomic E-state index is 0.0405. The molecule has 0 saturated heterocycles. The van der Waals surface area contributed by atoms with E-state index >= 15 is 0 Å². The van der Waals surface area contributed by atoms with E-state index in [2.05, 4.69) is 21.2 Å². The molecule has 1 unspecified atom stereocenters. The van der Waals surface area contributed by atoms with E-state index in [9.17, 15) is 9.59 Å². The Kier molecular flexibility index (Phi) is 6.88. The molecule has 0 radical (unpaired) electrons. The standard InChI is InChI=1S/C15H20BrNO3/c1-10(2)15(11(3)18)17-14(19)9-20-8-12-4-6-13(16)7-5-12/h4-7,10,15H,8-9H2,1-3H3,(H,17,19). The van der Waals surface area contributed by atoms with E-state index < -0.39 is 6.04 Å².